The van der Waals surface area contributed by atoms with E-state index >= 15 is 0 Å². The normalized spacial score (nSPS) is 9.87. The molecule has 23 heavy (non-hydrogen) atoms. The van der Waals surface area contributed by atoms with E-state index in [1.165, 1.54) is 0 Å². The number of nitrogens with two attached hydrogens (primary N) is 1. The summed E-state index contributed by atoms with van der Waals surface area (Å²) in [5.74, 6) is 0.533. The number of benzene rings is 2. The number of rotatable bonds is 6. The lowest BCUT2D eigenvalue weighted by molar-refractivity contribution is 0.0956. The molecule has 0 unspecified atom stereocenters. The second kappa shape index (κ2) is 8.01. The predicted octanol–water partition coefficient (Wildman–Crippen LogP) is 2.36. The number of nitrogen functional groups attached to an aromatic ring is 1. The van der Waals surface area contributed by atoms with E-state index in [0.29, 0.717) is 29.0 Å². The Balaban J connectivity index is 1.80. The van der Waals surface area contributed by atoms with Crippen LogP contribution in [0.5, 0.6) is 0 Å². The SMILES string of the molecule is N#Cc1cccc(SCCNC(=O)c2ccc(C(=N)N)cc2)c1. The first-order valence-electron chi connectivity index (χ1n) is 6.96. The zero-order chi connectivity index (χ0) is 16.7. The number of thioether (sulfide) groups is 1. The molecule has 2 rings (SSSR count). The molecule has 0 aromatic heterocycles. The van der Waals surface area contributed by atoms with Gasteiger partial charge in [0.2, 0.25) is 0 Å². The summed E-state index contributed by atoms with van der Waals surface area (Å²) in [7, 11) is 0. The molecular weight excluding hydrogens is 308 g/mol. The zero-order valence-electron chi connectivity index (χ0n) is 12.4. The summed E-state index contributed by atoms with van der Waals surface area (Å²) >= 11 is 1.58. The number of amidine groups is 1. The summed E-state index contributed by atoms with van der Waals surface area (Å²) in [6.07, 6.45) is 0. The highest BCUT2D eigenvalue weighted by Gasteiger charge is 2.05. The minimum Gasteiger partial charge on any atom is -0.384 e. The molecule has 2 aromatic rings. The number of nitrogens with zero attached hydrogens (tertiary/aromatic N) is 1. The topological polar surface area (TPSA) is 103 Å². The molecule has 0 heterocycles. The maximum absolute atomic E-state index is 12.0. The lowest BCUT2D eigenvalue weighted by Crippen LogP contribution is -2.25. The van der Waals surface area contributed by atoms with E-state index in [0.717, 1.165) is 4.90 Å². The third-order valence-corrected chi connectivity index (χ3v) is 4.07. The fourth-order valence-electron chi connectivity index (χ4n) is 1.89. The average molecular weight is 324 g/mol. The molecule has 0 atom stereocenters. The van der Waals surface area contributed by atoms with Crippen LogP contribution in [0.2, 0.25) is 0 Å². The maximum Gasteiger partial charge on any atom is 0.251 e. The van der Waals surface area contributed by atoms with Crippen LogP contribution in [0, 0.1) is 16.7 Å². The van der Waals surface area contributed by atoms with Gasteiger partial charge in [0.15, 0.2) is 0 Å². The molecule has 0 fully saturated rings. The molecule has 0 radical (unpaired) electrons. The van der Waals surface area contributed by atoms with Crippen LogP contribution < -0.4 is 11.1 Å². The standard InChI is InChI=1S/C17H16N4OS/c18-11-12-2-1-3-15(10-12)23-9-8-21-17(22)14-6-4-13(5-7-14)16(19)20/h1-7,10H,8-9H2,(H3,19,20)(H,21,22). The fraction of sp³-hybridized carbons (Fsp3) is 0.118. The largest absolute Gasteiger partial charge is 0.384 e. The molecule has 0 bridgehead atoms. The van der Waals surface area contributed by atoms with Crippen LogP contribution in [0.25, 0.3) is 0 Å². The number of hydrogen-bond acceptors (Lipinski definition) is 4. The molecule has 4 N–H and O–H groups in total. The van der Waals surface area contributed by atoms with Crippen LogP contribution >= 0.6 is 11.8 Å². The van der Waals surface area contributed by atoms with E-state index in [4.69, 9.17) is 16.4 Å². The van der Waals surface area contributed by atoms with Crippen molar-refractivity contribution in [3.05, 3.63) is 65.2 Å². The van der Waals surface area contributed by atoms with Gasteiger partial charge in [-0.15, -0.1) is 11.8 Å². The molecule has 0 saturated carbocycles. The average Bonchev–Trinajstić information content (AvgIpc) is 2.58. The molecule has 116 valence electrons. The lowest BCUT2D eigenvalue weighted by Gasteiger charge is -2.06. The first-order chi connectivity index (χ1) is 11.1. The third-order valence-electron chi connectivity index (χ3n) is 3.08. The summed E-state index contributed by atoms with van der Waals surface area (Å²) in [6, 6.07) is 16.1. The van der Waals surface area contributed by atoms with E-state index in [1.54, 1.807) is 42.1 Å². The molecule has 0 saturated heterocycles. The van der Waals surface area contributed by atoms with Crippen molar-refractivity contribution in [2.45, 2.75) is 4.90 Å². The fourth-order valence-corrected chi connectivity index (χ4v) is 2.72. The zero-order valence-corrected chi connectivity index (χ0v) is 13.2. The molecule has 2 aromatic carbocycles. The van der Waals surface area contributed by atoms with Gasteiger partial charge < -0.3 is 11.1 Å². The molecular formula is C17H16N4OS. The van der Waals surface area contributed by atoms with E-state index in [9.17, 15) is 4.79 Å². The number of amides is 1. The van der Waals surface area contributed by atoms with Gasteiger partial charge in [-0.2, -0.15) is 5.26 Å². The minimum atomic E-state index is -0.161. The summed E-state index contributed by atoms with van der Waals surface area (Å²) < 4.78 is 0. The Morgan fingerprint density at radius 1 is 1.22 bits per heavy atom. The number of carbonyl (C=O) groups is 1. The van der Waals surface area contributed by atoms with Gasteiger partial charge >= 0.3 is 0 Å². The van der Waals surface area contributed by atoms with Crippen molar-refractivity contribution in [1.82, 2.24) is 5.32 Å². The Labute approximate surface area is 139 Å². The molecule has 6 heteroatoms. The monoisotopic (exact) mass is 324 g/mol. The van der Waals surface area contributed by atoms with Gasteiger partial charge in [-0.3, -0.25) is 10.2 Å². The lowest BCUT2D eigenvalue weighted by atomic mass is 10.1. The van der Waals surface area contributed by atoms with Crippen LogP contribution in [-0.4, -0.2) is 24.0 Å². The van der Waals surface area contributed by atoms with Crippen molar-refractivity contribution in [1.29, 1.82) is 10.7 Å². The van der Waals surface area contributed by atoms with Gasteiger partial charge in [-0.25, -0.2) is 0 Å². The van der Waals surface area contributed by atoms with Gasteiger partial charge in [-0.1, -0.05) is 18.2 Å². The second-order valence-corrected chi connectivity index (χ2v) is 5.90. The smallest absolute Gasteiger partial charge is 0.251 e. The summed E-state index contributed by atoms with van der Waals surface area (Å²) in [5.41, 5.74) is 7.13. The van der Waals surface area contributed by atoms with E-state index in [2.05, 4.69) is 11.4 Å². The molecule has 0 aliphatic heterocycles. The van der Waals surface area contributed by atoms with Gasteiger partial charge in [0.25, 0.3) is 5.91 Å². The highest BCUT2D eigenvalue weighted by atomic mass is 32.2. The quantitative estimate of drug-likeness (QED) is 0.328. The van der Waals surface area contributed by atoms with Gasteiger partial charge in [0.1, 0.15) is 5.84 Å². The molecule has 0 aliphatic rings. The Bertz CT molecular complexity index is 750. The first-order valence-corrected chi connectivity index (χ1v) is 7.94. The highest BCUT2D eigenvalue weighted by molar-refractivity contribution is 7.99. The van der Waals surface area contributed by atoms with Gasteiger partial charge in [0, 0.05) is 28.3 Å². The van der Waals surface area contributed by atoms with Crippen molar-refractivity contribution in [2.24, 2.45) is 5.73 Å². The van der Waals surface area contributed by atoms with Crippen LogP contribution in [0.1, 0.15) is 21.5 Å². The molecule has 0 aliphatic carbocycles. The van der Waals surface area contributed by atoms with Crippen molar-refractivity contribution < 1.29 is 4.79 Å². The maximum atomic E-state index is 12.0. The summed E-state index contributed by atoms with van der Waals surface area (Å²) in [6.45, 7) is 0.523. The Kier molecular flexibility index (Phi) is 5.78. The molecule has 5 nitrogen and oxygen atoms in total. The van der Waals surface area contributed by atoms with Crippen LogP contribution in [0.15, 0.2) is 53.4 Å². The third kappa shape index (κ3) is 4.87. The van der Waals surface area contributed by atoms with Crippen LogP contribution in [0.4, 0.5) is 0 Å². The summed E-state index contributed by atoms with van der Waals surface area (Å²) in [5, 5.41) is 19.0. The van der Waals surface area contributed by atoms with E-state index < -0.39 is 0 Å². The van der Waals surface area contributed by atoms with Crippen LogP contribution in [0.3, 0.4) is 0 Å². The van der Waals surface area contributed by atoms with Gasteiger partial charge in [0.05, 0.1) is 11.6 Å². The first kappa shape index (κ1) is 16.6. The van der Waals surface area contributed by atoms with Crippen molar-refractivity contribution in [3.63, 3.8) is 0 Å². The van der Waals surface area contributed by atoms with Gasteiger partial charge in [-0.05, 0) is 30.3 Å². The van der Waals surface area contributed by atoms with Crippen LogP contribution in [-0.2, 0) is 0 Å². The Morgan fingerprint density at radius 2 is 1.91 bits per heavy atom. The van der Waals surface area contributed by atoms with Crippen molar-refractivity contribution in [2.75, 3.05) is 12.3 Å². The van der Waals surface area contributed by atoms with E-state index in [-0.39, 0.29) is 11.7 Å². The highest BCUT2D eigenvalue weighted by Crippen LogP contribution is 2.18. The second-order valence-electron chi connectivity index (χ2n) is 4.74. The predicted molar refractivity (Wildman–Crippen MR) is 91.7 cm³/mol. The molecule has 0 spiro atoms. The number of nitriles is 1. The minimum absolute atomic E-state index is 0.0204. The number of nitrogens with one attached hydrogen (secondary N) is 2. The Hall–Kier alpha value is -2.78. The van der Waals surface area contributed by atoms with E-state index in [1.807, 2.05) is 18.2 Å². The number of hydrogen-bond donors (Lipinski definition) is 3. The molecule has 1 amide bonds. The van der Waals surface area contributed by atoms with Crippen molar-refractivity contribution >= 4 is 23.5 Å². The summed E-state index contributed by atoms with van der Waals surface area (Å²) in [4.78, 5) is 13.0. The Morgan fingerprint density at radius 3 is 2.57 bits per heavy atom. The number of carbonyl (C=O) groups excluding carboxylic acids is 1. The van der Waals surface area contributed by atoms with Crippen molar-refractivity contribution in [3.8, 4) is 6.07 Å².